The van der Waals surface area contributed by atoms with Crippen molar-refractivity contribution >= 4 is 35.7 Å². The molecule has 4 aliphatic rings. The van der Waals surface area contributed by atoms with Crippen LogP contribution in [0.25, 0.3) is 0 Å². The van der Waals surface area contributed by atoms with Crippen molar-refractivity contribution in [1.29, 1.82) is 0 Å². The van der Waals surface area contributed by atoms with Crippen molar-refractivity contribution in [1.82, 2.24) is 10.6 Å². The molecular formula is C36H50N2O10. The summed E-state index contributed by atoms with van der Waals surface area (Å²) in [4.78, 5) is 70.1. The second-order valence-corrected chi connectivity index (χ2v) is 12.6. The van der Waals surface area contributed by atoms with Gasteiger partial charge in [0.15, 0.2) is 5.78 Å². The van der Waals surface area contributed by atoms with Gasteiger partial charge in [-0.1, -0.05) is 23.8 Å². The molecule has 3 aliphatic carbocycles. The standard InChI is InChI=1S/2C18H25NO5/c1-4-23-18(22)19-12-5-6-13-11(7-12)8-14-16(15(13)9(2)20)10(3)24-17(14)21;1-4-23-18(22)19-16-7-5-6-15(12-16)10-11-17(21)24-14(3)9-8-13(2)20/h8,10,12-16H,4-7H2,1-3H3,(H,19,22);6,8-11,14,16H,4-5,7,12H2,1-3H3,(H,19,22)/b;9-8-,11-10+/t10-,12-,13-,14-,15+,16-;14?,16-/m11/s1. The Bertz CT molecular complexity index is 1330. The van der Waals surface area contributed by atoms with Crippen LogP contribution in [0, 0.1) is 23.7 Å². The van der Waals surface area contributed by atoms with Gasteiger partial charge in [0.1, 0.15) is 18.0 Å². The van der Waals surface area contributed by atoms with Crippen LogP contribution in [-0.4, -0.2) is 73.2 Å². The predicted molar refractivity (Wildman–Crippen MR) is 176 cm³/mol. The highest BCUT2D eigenvalue weighted by atomic mass is 16.6. The smallest absolute Gasteiger partial charge is 0.407 e. The Hall–Kier alpha value is -4.22. The third kappa shape index (κ3) is 11.2. The minimum absolute atomic E-state index is 0.00199. The lowest BCUT2D eigenvalue weighted by Crippen LogP contribution is -2.46. The van der Waals surface area contributed by atoms with E-state index < -0.39 is 24.3 Å². The third-order valence-electron chi connectivity index (χ3n) is 8.96. The van der Waals surface area contributed by atoms with E-state index in [2.05, 4.69) is 10.6 Å². The molecule has 1 saturated heterocycles. The van der Waals surface area contributed by atoms with Gasteiger partial charge < -0.3 is 29.6 Å². The lowest BCUT2D eigenvalue weighted by molar-refractivity contribution is -0.143. The first-order valence-corrected chi connectivity index (χ1v) is 16.9. The molecule has 1 saturated carbocycles. The van der Waals surface area contributed by atoms with E-state index >= 15 is 0 Å². The van der Waals surface area contributed by atoms with Crippen molar-refractivity contribution in [2.24, 2.45) is 23.7 Å². The summed E-state index contributed by atoms with van der Waals surface area (Å²) < 4.78 is 20.3. The van der Waals surface area contributed by atoms with E-state index in [1.807, 2.05) is 19.1 Å². The second-order valence-electron chi connectivity index (χ2n) is 12.6. The SMILES string of the molecule is CCOC(=O)N[C@@H]1CCC=C(/C=C/C(=O)OC(C)/C=C\C(C)=O)C1.CCOC(=O)N[C@@H]1CC[C@@H]2C(=C[C@H]3C(=O)O[C@H](C)[C@H]3[C@H]2C(C)=O)C1. The summed E-state index contributed by atoms with van der Waals surface area (Å²) in [6.45, 7) is 10.8. The minimum Gasteiger partial charge on any atom is -0.462 e. The maximum absolute atomic E-state index is 12.3. The van der Waals surface area contributed by atoms with E-state index in [4.69, 9.17) is 18.9 Å². The van der Waals surface area contributed by atoms with Crippen LogP contribution in [0.1, 0.15) is 80.1 Å². The van der Waals surface area contributed by atoms with Crippen LogP contribution in [0.5, 0.6) is 0 Å². The highest BCUT2D eigenvalue weighted by Gasteiger charge is 2.53. The molecular weight excluding hydrogens is 620 g/mol. The zero-order chi connectivity index (χ0) is 35.4. The van der Waals surface area contributed by atoms with Crippen molar-refractivity contribution < 1.29 is 47.7 Å². The van der Waals surface area contributed by atoms with Crippen LogP contribution in [0.2, 0.25) is 0 Å². The molecule has 0 aromatic carbocycles. The number of hydrogen-bond donors (Lipinski definition) is 2. The molecule has 2 fully saturated rings. The van der Waals surface area contributed by atoms with Gasteiger partial charge in [-0.15, -0.1) is 0 Å². The topological polar surface area (TPSA) is 163 Å². The number of ketones is 2. The number of Topliss-reactive ketones (excluding diaryl/α,β-unsaturated/α-hetero) is 1. The molecule has 0 bridgehead atoms. The van der Waals surface area contributed by atoms with E-state index in [0.717, 1.165) is 36.8 Å². The number of hydrogen-bond acceptors (Lipinski definition) is 10. The Morgan fingerprint density at radius 2 is 1.60 bits per heavy atom. The van der Waals surface area contributed by atoms with Crippen LogP contribution in [-0.2, 0) is 38.1 Å². The summed E-state index contributed by atoms with van der Waals surface area (Å²) in [5.74, 6) is -1.08. The minimum atomic E-state index is -0.475. The van der Waals surface area contributed by atoms with Crippen LogP contribution in [0.15, 0.2) is 47.6 Å². The average molecular weight is 671 g/mol. The van der Waals surface area contributed by atoms with Gasteiger partial charge in [-0.25, -0.2) is 14.4 Å². The number of alkyl carbamates (subject to hydrolysis) is 2. The first-order valence-electron chi connectivity index (χ1n) is 16.9. The van der Waals surface area contributed by atoms with E-state index in [-0.39, 0.29) is 59.4 Å². The molecule has 1 unspecified atom stereocenters. The first-order chi connectivity index (χ1) is 22.8. The third-order valence-corrected chi connectivity index (χ3v) is 8.96. The zero-order valence-corrected chi connectivity index (χ0v) is 28.8. The van der Waals surface area contributed by atoms with Crippen molar-refractivity contribution in [3.8, 4) is 0 Å². The monoisotopic (exact) mass is 670 g/mol. The molecule has 12 heteroatoms. The fourth-order valence-corrected chi connectivity index (χ4v) is 6.95. The molecule has 0 spiro atoms. The first kappa shape index (κ1) is 38.2. The van der Waals surface area contributed by atoms with E-state index in [1.54, 1.807) is 33.8 Å². The van der Waals surface area contributed by atoms with Gasteiger partial charge in [0.2, 0.25) is 0 Å². The van der Waals surface area contributed by atoms with Crippen molar-refractivity contribution in [3.05, 3.63) is 47.6 Å². The number of carbonyl (C=O) groups is 6. The molecule has 264 valence electrons. The number of rotatable bonds is 10. The number of carbonyl (C=O) groups excluding carboxylic acids is 6. The number of esters is 2. The Balaban J connectivity index is 0.000000260. The predicted octanol–water partition coefficient (Wildman–Crippen LogP) is 5.07. The molecule has 12 nitrogen and oxygen atoms in total. The molecule has 4 rings (SSSR count). The molecule has 2 N–H and O–H groups in total. The molecule has 8 atom stereocenters. The molecule has 48 heavy (non-hydrogen) atoms. The summed E-state index contributed by atoms with van der Waals surface area (Å²) in [5.41, 5.74) is 2.07. The zero-order valence-electron chi connectivity index (χ0n) is 28.8. The number of fused-ring (bicyclic) bond motifs is 2. The maximum Gasteiger partial charge on any atom is 0.407 e. The lowest BCUT2D eigenvalue weighted by Gasteiger charge is -2.42. The molecule has 1 aliphatic heterocycles. The number of nitrogens with one attached hydrogen (secondary N) is 2. The van der Waals surface area contributed by atoms with Crippen LogP contribution < -0.4 is 10.6 Å². The summed E-state index contributed by atoms with van der Waals surface area (Å²) in [5, 5.41) is 5.68. The number of amides is 2. The van der Waals surface area contributed by atoms with Gasteiger partial charge >= 0.3 is 24.1 Å². The van der Waals surface area contributed by atoms with Gasteiger partial charge in [-0.3, -0.25) is 14.4 Å². The van der Waals surface area contributed by atoms with Gasteiger partial charge in [0.25, 0.3) is 0 Å². The largest absolute Gasteiger partial charge is 0.462 e. The molecule has 2 amide bonds. The van der Waals surface area contributed by atoms with E-state index in [1.165, 1.54) is 25.2 Å². The second kappa shape index (κ2) is 18.4. The highest BCUT2D eigenvalue weighted by molar-refractivity contribution is 5.87. The normalized spacial score (nSPS) is 28.3. The van der Waals surface area contributed by atoms with E-state index in [9.17, 15) is 28.8 Å². The van der Waals surface area contributed by atoms with Gasteiger partial charge in [0.05, 0.1) is 19.1 Å². The molecule has 0 radical (unpaired) electrons. The molecule has 1 heterocycles. The van der Waals surface area contributed by atoms with Crippen LogP contribution >= 0.6 is 0 Å². The van der Waals surface area contributed by atoms with Gasteiger partial charge in [-0.05, 0) is 104 Å². The fourth-order valence-electron chi connectivity index (χ4n) is 6.95. The summed E-state index contributed by atoms with van der Waals surface area (Å²) in [6, 6.07) is -0.00676. The fraction of sp³-hybridized carbons (Fsp3) is 0.611. The summed E-state index contributed by atoms with van der Waals surface area (Å²) in [6.07, 6.45) is 13.1. The summed E-state index contributed by atoms with van der Waals surface area (Å²) in [7, 11) is 0. The maximum atomic E-state index is 12.3. The van der Waals surface area contributed by atoms with Crippen molar-refractivity contribution in [3.63, 3.8) is 0 Å². The number of allylic oxidation sites excluding steroid dienone is 3. The Labute approximate surface area is 282 Å². The Morgan fingerprint density at radius 1 is 0.958 bits per heavy atom. The number of cyclic esters (lactones) is 1. The quantitative estimate of drug-likeness (QED) is 0.139. The van der Waals surface area contributed by atoms with Gasteiger partial charge in [0, 0.05) is 30.0 Å². The number of ether oxygens (including phenoxy) is 4. The molecule has 0 aromatic rings. The average Bonchev–Trinajstić information content (AvgIpc) is 3.30. The summed E-state index contributed by atoms with van der Waals surface area (Å²) >= 11 is 0. The van der Waals surface area contributed by atoms with Gasteiger partial charge in [-0.2, -0.15) is 0 Å². The Kier molecular flexibility index (Phi) is 14.6. The lowest BCUT2D eigenvalue weighted by atomic mass is 9.61. The van der Waals surface area contributed by atoms with Crippen LogP contribution in [0.3, 0.4) is 0 Å². The highest BCUT2D eigenvalue weighted by Crippen LogP contribution is 2.50. The van der Waals surface area contributed by atoms with E-state index in [0.29, 0.717) is 26.1 Å². The van der Waals surface area contributed by atoms with Crippen molar-refractivity contribution in [2.75, 3.05) is 13.2 Å². The molecule has 0 aromatic heterocycles. The van der Waals surface area contributed by atoms with Crippen molar-refractivity contribution in [2.45, 2.75) is 104 Å². The van der Waals surface area contributed by atoms with Crippen LogP contribution in [0.4, 0.5) is 9.59 Å². The Morgan fingerprint density at radius 3 is 2.21 bits per heavy atom.